The zero-order valence-corrected chi connectivity index (χ0v) is 14.4. The molecule has 3 rings (SSSR count). The lowest BCUT2D eigenvalue weighted by molar-refractivity contribution is -0.115. The molecule has 1 aromatic rings. The van der Waals surface area contributed by atoms with Gasteiger partial charge >= 0.3 is 6.18 Å². The number of nitrogens with two attached hydrogens (primary N) is 2. The van der Waals surface area contributed by atoms with Gasteiger partial charge in [0.15, 0.2) is 0 Å². The van der Waals surface area contributed by atoms with Gasteiger partial charge in [0.25, 0.3) is 5.91 Å². The second-order valence-electron chi connectivity index (χ2n) is 6.31. The summed E-state index contributed by atoms with van der Waals surface area (Å²) in [7, 11) is 0. The normalized spacial score (nSPS) is 22.6. The largest absolute Gasteiger partial charge is 0.432 e. The van der Waals surface area contributed by atoms with Gasteiger partial charge in [0, 0.05) is 5.69 Å². The van der Waals surface area contributed by atoms with E-state index in [1.807, 2.05) is 12.1 Å². The number of halogens is 3. The monoisotopic (exact) mass is 371 g/mol. The zero-order chi connectivity index (χ0) is 18.2. The van der Waals surface area contributed by atoms with E-state index in [9.17, 15) is 18.0 Å². The number of hydrogen-bond acceptors (Lipinski definition) is 4. The number of rotatable bonds is 3. The minimum Gasteiger partial charge on any atom is -0.365 e. The van der Waals surface area contributed by atoms with E-state index >= 15 is 0 Å². The standard InChI is InChI=1S/C17H20F3N3OS/c18-17(19,20)14-13(15(21)24)25-16(22)23(14)12-9-5-4-8-11(12)10-6-2-1-3-7-10/h4-5,8-10,16H,1-3,6-7,22H2,(H2,21,24). The fourth-order valence-corrected chi connectivity index (χ4v) is 4.64. The molecular formula is C17H20F3N3OS. The zero-order valence-electron chi connectivity index (χ0n) is 13.6. The molecule has 1 unspecified atom stereocenters. The number of carbonyl (C=O) groups excluding carboxylic acids is 1. The molecule has 1 aliphatic heterocycles. The molecule has 0 bridgehead atoms. The molecule has 4 nitrogen and oxygen atoms in total. The van der Waals surface area contributed by atoms with Crippen LogP contribution in [0.3, 0.4) is 0 Å². The lowest BCUT2D eigenvalue weighted by Crippen LogP contribution is -2.40. The highest BCUT2D eigenvalue weighted by atomic mass is 32.2. The van der Waals surface area contributed by atoms with Crippen LogP contribution in [0.5, 0.6) is 0 Å². The first-order valence-electron chi connectivity index (χ1n) is 8.22. The molecule has 4 N–H and O–H groups in total. The summed E-state index contributed by atoms with van der Waals surface area (Å²) in [4.78, 5) is 12.0. The number of hydrogen-bond donors (Lipinski definition) is 2. The Bertz CT molecular complexity index is 699. The molecule has 25 heavy (non-hydrogen) atoms. The quantitative estimate of drug-likeness (QED) is 0.848. The van der Waals surface area contributed by atoms with Crippen LogP contribution >= 0.6 is 11.8 Å². The summed E-state index contributed by atoms with van der Waals surface area (Å²) < 4.78 is 41.0. The highest BCUT2D eigenvalue weighted by molar-refractivity contribution is 8.04. The topological polar surface area (TPSA) is 72.4 Å². The van der Waals surface area contributed by atoms with Crippen molar-refractivity contribution >= 4 is 23.4 Å². The predicted octanol–water partition coefficient (Wildman–Crippen LogP) is 3.79. The molecule has 1 fully saturated rings. The molecular weight excluding hydrogens is 351 g/mol. The first-order chi connectivity index (χ1) is 11.8. The molecule has 0 radical (unpaired) electrons. The minimum absolute atomic E-state index is 0.203. The van der Waals surface area contributed by atoms with Crippen molar-refractivity contribution in [2.24, 2.45) is 11.5 Å². The Balaban J connectivity index is 2.10. The molecule has 1 atom stereocenters. The number of allylic oxidation sites excluding steroid dienone is 1. The van der Waals surface area contributed by atoms with Gasteiger partial charge in [0.2, 0.25) is 0 Å². The molecule has 8 heteroatoms. The van der Waals surface area contributed by atoms with Crippen LogP contribution in [0.4, 0.5) is 18.9 Å². The van der Waals surface area contributed by atoms with E-state index in [0.29, 0.717) is 17.4 Å². The Labute approximate surface area is 148 Å². The molecule has 0 spiro atoms. The number of para-hydroxylation sites is 1. The van der Waals surface area contributed by atoms with Gasteiger partial charge in [-0.1, -0.05) is 49.2 Å². The number of carbonyl (C=O) groups is 1. The van der Waals surface area contributed by atoms with Crippen molar-refractivity contribution in [3.63, 3.8) is 0 Å². The number of primary amides is 1. The van der Waals surface area contributed by atoms with E-state index in [0.717, 1.165) is 42.6 Å². The Morgan fingerprint density at radius 1 is 1.16 bits per heavy atom. The van der Waals surface area contributed by atoms with Crippen molar-refractivity contribution in [3.05, 3.63) is 40.4 Å². The lowest BCUT2D eigenvalue weighted by atomic mass is 9.83. The van der Waals surface area contributed by atoms with Gasteiger partial charge in [-0.3, -0.25) is 4.79 Å². The highest BCUT2D eigenvalue weighted by Gasteiger charge is 2.49. The average molecular weight is 371 g/mol. The number of anilines is 1. The van der Waals surface area contributed by atoms with Gasteiger partial charge in [-0.25, -0.2) is 0 Å². The third-order valence-electron chi connectivity index (χ3n) is 4.68. The summed E-state index contributed by atoms with van der Waals surface area (Å²) in [5.74, 6) is -0.903. The van der Waals surface area contributed by atoms with E-state index < -0.39 is 28.2 Å². The van der Waals surface area contributed by atoms with Gasteiger partial charge in [-0.05, 0) is 30.4 Å². The fourth-order valence-electron chi connectivity index (χ4n) is 3.63. The van der Waals surface area contributed by atoms with Crippen molar-refractivity contribution in [2.75, 3.05) is 4.90 Å². The van der Waals surface area contributed by atoms with Crippen LogP contribution in [0.25, 0.3) is 0 Å². The molecule has 1 heterocycles. The van der Waals surface area contributed by atoms with Gasteiger partial charge < -0.3 is 16.4 Å². The maximum absolute atomic E-state index is 13.7. The van der Waals surface area contributed by atoms with Gasteiger partial charge in [-0.2, -0.15) is 13.2 Å². The molecule has 0 aromatic heterocycles. The Morgan fingerprint density at radius 2 is 1.80 bits per heavy atom. The SMILES string of the molecule is NC(=O)C1=C(C(F)(F)F)N(c2ccccc2C2CCCCC2)C(N)S1. The number of nitrogens with zero attached hydrogens (tertiary/aromatic N) is 1. The third-order valence-corrected chi connectivity index (χ3v) is 5.77. The molecule has 0 saturated heterocycles. The first-order valence-corrected chi connectivity index (χ1v) is 9.10. The smallest absolute Gasteiger partial charge is 0.365 e. The van der Waals surface area contributed by atoms with Crippen molar-refractivity contribution in [2.45, 2.75) is 49.7 Å². The number of thioether (sulfide) groups is 1. The summed E-state index contributed by atoms with van der Waals surface area (Å²) >= 11 is 0.656. The van der Waals surface area contributed by atoms with Gasteiger partial charge in [0.05, 0.1) is 0 Å². The van der Waals surface area contributed by atoms with Crippen LogP contribution in [0, 0.1) is 0 Å². The summed E-state index contributed by atoms with van der Waals surface area (Å²) in [6.45, 7) is 0. The summed E-state index contributed by atoms with van der Waals surface area (Å²) in [5.41, 5.74) is 10.3. The first kappa shape index (κ1) is 18.1. The van der Waals surface area contributed by atoms with Crippen LogP contribution in [-0.2, 0) is 4.79 Å². The van der Waals surface area contributed by atoms with Gasteiger partial charge in [0.1, 0.15) is 16.1 Å². The van der Waals surface area contributed by atoms with E-state index in [1.165, 1.54) is 0 Å². The summed E-state index contributed by atoms with van der Waals surface area (Å²) in [5, 5.41) is 0. The van der Waals surface area contributed by atoms with Crippen molar-refractivity contribution in [1.29, 1.82) is 0 Å². The predicted molar refractivity (Wildman–Crippen MR) is 92.6 cm³/mol. The summed E-state index contributed by atoms with van der Waals surface area (Å²) in [6.07, 6.45) is 0.451. The van der Waals surface area contributed by atoms with E-state index in [1.54, 1.807) is 12.1 Å². The molecule has 2 aliphatic rings. The third kappa shape index (κ3) is 3.50. The Hall–Kier alpha value is -1.67. The van der Waals surface area contributed by atoms with Crippen LogP contribution in [0.15, 0.2) is 34.9 Å². The van der Waals surface area contributed by atoms with E-state index in [2.05, 4.69) is 0 Å². The fraction of sp³-hybridized carbons (Fsp3) is 0.471. The van der Waals surface area contributed by atoms with Crippen LogP contribution < -0.4 is 16.4 Å². The van der Waals surface area contributed by atoms with E-state index in [-0.39, 0.29) is 5.92 Å². The van der Waals surface area contributed by atoms with Crippen molar-refractivity contribution < 1.29 is 18.0 Å². The number of amides is 1. The number of alkyl halides is 3. The second-order valence-corrected chi connectivity index (χ2v) is 7.44. The van der Waals surface area contributed by atoms with Crippen LogP contribution in [0.2, 0.25) is 0 Å². The minimum atomic E-state index is -4.72. The molecule has 1 saturated carbocycles. The van der Waals surface area contributed by atoms with Gasteiger partial charge in [-0.15, -0.1) is 0 Å². The maximum Gasteiger partial charge on any atom is 0.432 e. The second kappa shape index (κ2) is 6.92. The van der Waals surface area contributed by atoms with Crippen LogP contribution in [0.1, 0.15) is 43.6 Å². The Kier molecular flexibility index (Phi) is 5.02. The molecule has 1 amide bonds. The van der Waals surface area contributed by atoms with Crippen molar-refractivity contribution in [1.82, 2.24) is 0 Å². The Morgan fingerprint density at radius 3 is 2.40 bits per heavy atom. The maximum atomic E-state index is 13.7. The van der Waals surface area contributed by atoms with Crippen LogP contribution in [-0.4, -0.2) is 17.6 Å². The van der Waals surface area contributed by atoms with E-state index in [4.69, 9.17) is 11.5 Å². The molecule has 1 aromatic carbocycles. The van der Waals surface area contributed by atoms with Crippen molar-refractivity contribution in [3.8, 4) is 0 Å². The summed E-state index contributed by atoms with van der Waals surface area (Å²) in [6, 6.07) is 7.02. The molecule has 1 aliphatic carbocycles. The average Bonchev–Trinajstić information content (AvgIpc) is 2.93. The number of benzene rings is 1. The lowest BCUT2D eigenvalue weighted by Gasteiger charge is -2.32. The molecule has 136 valence electrons. The highest BCUT2D eigenvalue weighted by Crippen LogP contribution is 2.48.